The Bertz CT molecular complexity index is 903. The van der Waals surface area contributed by atoms with Gasteiger partial charge in [-0.15, -0.1) is 0 Å². The number of aromatic amines is 1. The van der Waals surface area contributed by atoms with Crippen molar-refractivity contribution in [3.8, 4) is 0 Å². The zero-order valence-corrected chi connectivity index (χ0v) is 12.3. The van der Waals surface area contributed by atoms with Crippen LogP contribution in [0, 0.1) is 0 Å². The molecule has 2 aliphatic heterocycles. The number of hydrogen-bond acceptors (Lipinski definition) is 8. The number of phosphoric acid groups is 1. The van der Waals surface area contributed by atoms with Crippen molar-refractivity contribution in [1.82, 2.24) is 19.5 Å². The average Bonchev–Trinajstić information content (AvgIpc) is 2.94. The minimum atomic E-state index is -4.89. The van der Waals surface area contributed by atoms with E-state index in [1.807, 2.05) is 0 Å². The number of nitrogen functional groups attached to an aromatic ring is 1. The van der Waals surface area contributed by atoms with E-state index in [1.165, 1.54) is 4.57 Å². The van der Waals surface area contributed by atoms with Crippen LogP contribution < -0.4 is 11.3 Å². The van der Waals surface area contributed by atoms with E-state index in [0.717, 1.165) is 0 Å². The molecule has 4 atom stereocenters. The standard InChI is InChI=1S/C10H12N5O7P/c11-10-13-7-4(9(17)14-10)12-8-6(22-23(18,19)20)5-2(16)1-3(21-5)15(7)8/h2-3,5-6,16H,1H2,(H2,18,19,20)(H3,11,13,14,17)/t2-,3+,5-,6+/m0/s1. The number of hydrogen-bond donors (Lipinski definition) is 5. The van der Waals surface area contributed by atoms with Crippen molar-refractivity contribution in [2.45, 2.75) is 31.0 Å². The molecule has 1 saturated heterocycles. The largest absolute Gasteiger partial charge is 0.470 e. The lowest BCUT2D eigenvalue weighted by molar-refractivity contribution is -0.107. The predicted molar refractivity (Wildman–Crippen MR) is 73.0 cm³/mol. The summed E-state index contributed by atoms with van der Waals surface area (Å²) in [4.78, 5) is 40.5. The number of H-pyrrole nitrogens is 1. The zero-order valence-electron chi connectivity index (χ0n) is 11.4. The molecule has 0 amide bonds. The number of anilines is 1. The Labute approximate surface area is 127 Å². The minimum absolute atomic E-state index is 0.0460. The number of aliphatic hydroxyl groups excluding tert-OH is 1. The van der Waals surface area contributed by atoms with Gasteiger partial charge in [-0.25, -0.2) is 9.55 Å². The van der Waals surface area contributed by atoms with E-state index < -0.39 is 37.9 Å². The second kappa shape index (κ2) is 4.60. The molecule has 23 heavy (non-hydrogen) atoms. The van der Waals surface area contributed by atoms with Crippen molar-refractivity contribution >= 4 is 24.9 Å². The summed E-state index contributed by atoms with van der Waals surface area (Å²) in [6.45, 7) is 0. The molecule has 0 unspecified atom stereocenters. The lowest BCUT2D eigenvalue weighted by Crippen LogP contribution is -2.34. The van der Waals surface area contributed by atoms with E-state index in [0.29, 0.717) is 0 Å². The van der Waals surface area contributed by atoms with Crippen molar-refractivity contribution in [1.29, 1.82) is 0 Å². The minimum Gasteiger partial charge on any atom is -0.390 e. The Morgan fingerprint density at radius 1 is 1.43 bits per heavy atom. The maximum Gasteiger partial charge on any atom is 0.470 e. The van der Waals surface area contributed by atoms with Crippen LogP contribution >= 0.6 is 7.82 Å². The lowest BCUT2D eigenvalue weighted by Gasteiger charge is -2.30. The van der Waals surface area contributed by atoms with Crippen molar-refractivity contribution in [3.63, 3.8) is 0 Å². The maximum atomic E-state index is 11.9. The van der Waals surface area contributed by atoms with Gasteiger partial charge >= 0.3 is 7.82 Å². The van der Waals surface area contributed by atoms with Gasteiger partial charge in [0.2, 0.25) is 5.95 Å². The number of nitrogens with two attached hydrogens (primary N) is 1. The summed E-state index contributed by atoms with van der Waals surface area (Å²) >= 11 is 0. The van der Waals surface area contributed by atoms with Gasteiger partial charge in [-0.3, -0.25) is 18.9 Å². The molecule has 0 spiro atoms. The molecule has 0 saturated carbocycles. The molecule has 2 aromatic heterocycles. The second-order valence-electron chi connectivity index (χ2n) is 5.34. The van der Waals surface area contributed by atoms with Crippen LogP contribution in [0.1, 0.15) is 24.6 Å². The van der Waals surface area contributed by atoms with E-state index >= 15 is 0 Å². The summed E-state index contributed by atoms with van der Waals surface area (Å²) in [6.07, 6.45) is -3.90. The number of imidazole rings is 1. The molecule has 6 N–H and O–H groups in total. The summed E-state index contributed by atoms with van der Waals surface area (Å²) in [5.41, 5.74) is 4.97. The van der Waals surface area contributed by atoms with Gasteiger partial charge in [0.15, 0.2) is 17.3 Å². The molecule has 4 heterocycles. The molecule has 12 nitrogen and oxygen atoms in total. The molecule has 2 bridgehead atoms. The van der Waals surface area contributed by atoms with Gasteiger partial charge in [-0.05, 0) is 0 Å². The monoisotopic (exact) mass is 345 g/mol. The molecule has 13 heteroatoms. The SMILES string of the molecule is Nc1nc2c(nc3n2[C@H]2C[C@H](O)[C@H](O2)[C@H]3OP(=O)(O)O)c(=O)[nH]1. The molecule has 2 aromatic rings. The third-order valence-corrected chi connectivity index (χ3v) is 4.33. The van der Waals surface area contributed by atoms with Crippen LogP contribution in [-0.4, -0.2) is 46.6 Å². The van der Waals surface area contributed by atoms with Gasteiger partial charge in [0.05, 0.1) is 6.10 Å². The van der Waals surface area contributed by atoms with E-state index in [-0.39, 0.29) is 29.4 Å². The van der Waals surface area contributed by atoms with Gasteiger partial charge in [0, 0.05) is 6.42 Å². The summed E-state index contributed by atoms with van der Waals surface area (Å²) in [6, 6.07) is 0. The number of nitrogens with zero attached hydrogens (tertiary/aromatic N) is 3. The van der Waals surface area contributed by atoms with Crippen molar-refractivity contribution < 1.29 is 28.7 Å². The zero-order chi connectivity index (χ0) is 16.5. The number of aromatic nitrogens is 4. The third-order valence-electron chi connectivity index (χ3n) is 3.82. The summed E-state index contributed by atoms with van der Waals surface area (Å²) in [7, 11) is -4.89. The topological polar surface area (TPSA) is 186 Å². The Hall–Kier alpha value is -1.82. The number of rotatable bonds is 2. The number of ether oxygens (including phenoxy) is 1. The molecule has 1 fully saturated rings. The molecule has 2 aliphatic rings. The maximum absolute atomic E-state index is 11.9. The van der Waals surface area contributed by atoms with Gasteiger partial charge in [-0.1, -0.05) is 0 Å². The van der Waals surface area contributed by atoms with Gasteiger partial charge in [0.1, 0.15) is 18.2 Å². The first-order valence-corrected chi connectivity index (χ1v) is 8.13. The second-order valence-corrected chi connectivity index (χ2v) is 6.53. The highest BCUT2D eigenvalue weighted by molar-refractivity contribution is 7.46. The molecule has 0 radical (unpaired) electrons. The normalized spacial score (nSPS) is 29.9. The van der Waals surface area contributed by atoms with Crippen LogP contribution in [0.2, 0.25) is 0 Å². The first-order valence-electron chi connectivity index (χ1n) is 6.59. The molecule has 4 rings (SSSR count). The molecule has 124 valence electrons. The number of fused-ring (bicyclic) bond motifs is 6. The summed E-state index contributed by atoms with van der Waals surface area (Å²) in [5.74, 6) is -0.0944. The van der Waals surface area contributed by atoms with Crippen LogP contribution in [0.4, 0.5) is 5.95 Å². The summed E-state index contributed by atoms with van der Waals surface area (Å²) in [5, 5.41) is 10.0. The first kappa shape index (κ1) is 14.8. The van der Waals surface area contributed by atoms with Gasteiger partial charge in [0.25, 0.3) is 5.56 Å². The summed E-state index contributed by atoms with van der Waals surface area (Å²) < 4.78 is 22.9. The smallest absolute Gasteiger partial charge is 0.390 e. The van der Waals surface area contributed by atoms with E-state index in [2.05, 4.69) is 15.0 Å². The molecule has 0 aliphatic carbocycles. The predicted octanol–water partition coefficient (Wildman–Crippen LogP) is -1.49. The Balaban J connectivity index is 1.97. The highest BCUT2D eigenvalue weighted by Gasteiger charge is 2.51. The van der Waals surface area contributed by atoms with Crippen LogP contribution in [0.15, 0.2) is 4.79 Å². The highest BCUT2D eigenvalue weighted by atomic mass is 31.2. The van der Waals surface area contributed by atoms with Crippen LogP contribution in [0.3, 0.4) is 0 Å². The van der Waals surface area contributed by atoms with Crippen LogP contribution in [-0.2, 0) is 13.8 Å². The fourth-order valence-electron chi connectivity index (χ4n) is 3.01. The van der Waals surface area contributed by atoms with Crippen molar-refractivity contribution in [2.75, 3.05) is 5.73 Å². The fourth-order valence-corrected chi connectivity index (χ4v) is 3.52. The van der Waals surface area contributed by atoms with Crippen LogP contribution in [0.25, 0.3) is 11.2 Å². The highest BCUT2D eigenvalue weighted by Crippen LogP contribution is 2.51. The number of aliphatic hydroxyl groups is 1. The van der Waals surface area contributed by atoms with E-state index in [1.54, 1.807) is 0 Å². The average molecular weight is 345 g/mol. The Kier molecular flexibility index (Phi) is 2.95. The molecular formula is C10H12N5O7P. The molecule has 0 aromatic carbocycles. The lowest BCUT2D eigenvalue weighted by atomic mass is 10.1. The fraction of sp³-hybridized carbons (Fsp3) is 0.500. The van der Waals surface area contributed by atoms with E-state index in [4.69, 9.17) is 24.8 Å². The van der Waals surface area contributed by atoms with E-state index in [9.17, 15) is 14.5 Å². The van der Waals surface area contributed by atoms with Crippen LogP contribution in [0.5, 0.6) is 0 Å². The number of phosphoric ester groups is 1. The Morgan fingerprint density at radius 2 is 2.17 bits per heavy atom. The van der Waals surface area contributed by atoms with Crippen molar-refractivity contribution in [2.24, 2.45) is 0 Å². The first-order chi connectivity index (χ1) is 10.7. The molecular weight excluding hydrogens is 333 g/mol. The number of nitrogens with one attached hydrogen (secondary N) is 1. The van der Waals surface area contributed by atoms with Crippen molar-refractivity contribution in [3.05, 3.63) is 16.2 Å². The quantitative estimate of drug-likeness (QED) is 0.401. The van der Waals surface area contributed by atoms with Gasteiger partial charge in [-0.2, -0.15) is 4.98 Å². The Morgan fingerprint density at radius 3 is 2.87 bits per heavy atom. The third kappa shape index (κ3) is 2.19. The van der Waals surface area contributed by atoms with Gasteiger partial charge < -0.3 is 25.4 Å².